The van der Waals surface area contributed by atoms with Crippen LogP contribution in [0.25, 0.3) is 5.76 Å². The normalized spacial score (nSPS) is 18.1. The van der Waals surface area contributed by atoms with E-state index in [2.05, 4.69) is 0 Å². The zero-order valence-corrected chi connectivity index (χ0v) is 17.3. The predicted octanol–water partition coefficient (Wildman–Crippen LogP) is 3.95. The van der Waals surface area contributed by atoms with Gasteiger partial charge in [-0.15, -0.1) is 0 Å². The Kier molecular flexibility index (Phi) is 6.74. The van der Waals surface area contributed by atoms with E-state index in [9.17, 15) is 19.1 Å². The molecule has 1 heterocycles. The van der Waals surface area contributed by atoms with Gasteiger partial charge in [0.15, 0.2) is 0 Å². The minimum atomic E-state index is -0.883. The summed E-state index contributed by atoms with van der Waals surface area (Å²) >= 11 is 6.21. The minimum Gasteiger partial charge on any atom is -0.507 e. The summed E-state index contributed by atoms with van der Waals surface area (Å²) < 4.78 is 23.9. The van der Waals surface area contributed by atoms with Crippen molar-refractivity contribution in [2.75, 3.05) is 26.9 Å². The number of aliphatic hydroxyl groups excluding tert-OH is 1. The van der Waals surface area contributed by atoms with Gasteiger partial charge in [0.1, 0.15) is 17.3 Å². The van der Waals surface area contributed by atoms with Gasteiger partial charge in [0.2, 0.25) is 0 Å². The molecule has 0 aromatic heterocycles. The SMILES string of the molecule is CCOc1ccc(C(O)=C2C(=O)C(=O)N(CCOC)[C@@H]2c2ccc(F)cc2)cc1Cl. The van der Waals surface area contributed by atoms with Crippen molar-refractivity contribution in [2.24, 2.45) is 0 Å². The smallest absolute Gasteiger partial charge is 0.295 e. The first-order valence-electron chi connectivity index (χ1n) is 9.34. The lowest BCUT2D eigenvalue weighted by molar-refractivity contribution is -0.140. The lowest BCUT2D eigenvalue weighted by atomic mass is 9.95. The highest BCUT2D eigenvalue weighted by Crippen LogP contribution is 2.40. The second kappa shape index (κ2) is 9.28. The number of hydrogen-bond donors (Lipinski definition) is 1. The Morgan fingerprint density at radius 2 is 1.90 bits per heavy atom. The van der Waals surface area contributed by atoms with Crippen LogP contribution in [0.4, 0.5) is 4.39 Å². The molecular formula is C22H21ClFNO5. The molecule has 1 saturated heterocycles. The highest BCUT2D eigenvalue weighted by molar-refractivity contribution is 6.46. The van der Waals surface area contributed by atoms with Gasteiger partial charge in [0, 0.05) is 19.2 Å². The summed E-state index contributed by atoms with van der Waals surface area (Å²) in [5, 5.41) is 11.2. The number of benzene rings is 2. The molecule has 0 bridgehead atoms. The largest absolute Gasteiger partial charge is 0.507 e. The van der Waals surface area contributed by atoms with Crippen LogP contribution in [0.3, 0.4) is 0 Å². The van der Waals surface area contributed by atoms with Crippen molar-refractivity contribution in [1.82, 2.24) is 4.90 Å². The number of Topliss-reactive ketones (excluding diaryl/α,β-unsaturated/α-hetero) is 1. The van der Waals surface area contributed by atoms with Crippen molar-refractivity contribution >= 4 is 29.1 Å². The molecule has 158 valence electrons. The van der Waals surface area contributed by atoms with Crippen LogP contribution in [-0.4, -0.2) is 48.6 Å². The molecule has 0 unspecified atom stereocenters. The molecule has 0 spiro atoms. The van der Waals surface area contributed by atoms with Crippen molar-refractivity contribution in [2.45, 2.75) is 13.0 Å². The standard InChI is InChI=1S/C22H21ClFNO5/c1-3-30-17-9-6-14(12-16(17)23)20(26)18-19(13-4-7-15(24)8-5-13)25(10-11-29-2)22(28)21(18)27/h4-9,12,19,26H,3,10-11H2,1-2H3/t19-/m1/s1. The fourth-order valence-electron chi connectivity index (χ4n) is 3.37. The van der Waals surface area contributed by atoms with Gasteiger partial charge in [-0.3, -0.25) is 9.59 Å². The van der Waals surface area contributed by atoms with E-state index >= 15 is 0 Å². The first kappa shape index (κ1) is 21.8. The van der Waals surface area contributed by atoms with E-state index in [0.717, 1.165) is 0 Å². The van der Waals surface area contributed by atoms with Gasteiger partial charge in [0.05, 0.1) is 29.9 Å². The maximum absolute atomic E-state index is 13.4. The van der Waals surface area contributed by atoms with Crippen molar-refractivity contribution < 1.29 is 28.6 Å². The Morgan fingerprint density at radius 1 is 1.20 bits per heavy atom. The third-order valence-corrected chi connectivity index (χ3v) is 5.06. The predicted molar refractivity (Wildman–Crippen MR) is 110 cm³/mol. The summed E-state index contributed by atoms with van der Waals surface area (Å²) in [4.78, 5) is 26.8. The molecule has 1 aliphatic heterocycles. The fraction of sp³-hybridized carbons (Fsp3) is 0.273. The number of carbonyl (C=O) groups is 2. The quantitative estimate of drug-likeness (QED) is 0.406. The number of halogens is 2. The maximum atomic E-state index is 13.4. The molecule has 2 aromatic rings. The third-order valence-electron chi connectivity index (χ3n) is 4.77. The van der Waals surface area contributed by atoms with Gasteiger partial charge in [-0.25, -0.2) is 4.39 Å². The number of likely N-dealkylation sites (tertiary alicyclic amines) is 1. The maximum Gasteiger partial charge on any atom is 0.295 e. The van der Waals surface area contributed by atoms with Gasteiger partial charge >= 0.3 is 0 Å². The van der Waals surface area contributed by atoms with Gasteiger partial charge in [-0.1, -0.05) is 23.7 Å². The number of carbonyl (C=O) groups excluding carboxylic acids is 2. The molecule has 1 amide bonds. The molecule has 30 heavy (non-hydrogen) atoms. The van der Waals surface area contributed by atoms with Crippen LogP contribution in [0.1, 0.15) is 24.1 Å². The van der Waals surface area contributed by atoms with Crippen LogP contribution >= 0.6 is 11.6 Å². The Bertz CT molecular complexity index is 990. The highest BCUT2D eigenvalue weighted by atomic mass is 35.5. The lowest BCUT2D eigenvalue weighted by Gasteiger charge is -2.25. The van der Waals surface area contributed by atoms with Gasteiger partial charge < -0.3 is 19.5 Å². The third kappa shape index (κ3) is 4.17. The molecule has 0 radical (unpaired) electrons. The number of hydrogen-bond acceptors (Lipinski definition) is 5. The van der Waals surface area contributed by atoms with Crippen molar-refractivity contribution in [3.63, 3.8) is 0 Å². The molecule has 0 aliphatic carbocycles. The molecule has 1 N–H and O–H groups in total. The van der Waals surface area contributed by atoms with Crippen molar-refractivity contribution in [1.29, 1.82) is 0 Å². The van der Waals surface area contributed by atoms with E-state index in [1.54, 1.807) is 12.1 Å². The Balaban J connectivity index is 2.13. The van der Waals surface area contributed by atoms with Gasteiger partial charge in [-0.05, 0) is 42.8 Å². The fourth-order valence-corrected chi connectivity index (χ4v) is 3.60. The number of amides is 1. The van der Waals surface area contributed by atoms with E-state index in [1.165, 1.54) is 42.3 Å². The average Bonchev–Trinajstić information content (AvgIpc) is 2.98. The van der Waals surface area contributed by atoms with Crippen LogP contribution < -0.4 is 4.74 Å². The van der Waals surface area contributed by atoms with Gasteiger partial charge in [0.25, 0.3) is 11.7 Å². The number of ketones is 1. The van der Waals surface area contributed by atoms with Crippen LogP contribution in [0.2, 0.25) is 5.02 Å². The van der Waals surface area contributed by atoms with E-state index in [-0.39, 0.29) is 35.1 Å². The second-order valence-electron chi connectivity index (χ2n) is 6.62. The number of ether oxygens (including phenoxy) is 2. The molecule has 1 aliphatic rings. The van der Waals surface area contributed by atoms with E-state index in [0.29, 0.717) is 17.9 Å². The minimum absolute atomic E-state index is 0.0945. The van der Waals surface area contributed by atoms with Crippen molar-refractivity contribution in [3.05, 3.63) is 70.0 Å². The Hall–Kier alpha value is -2.90. The number of aliphatic hydroxyl groups is 1. The number of rotatable bonds is 7. The van der Waals surface area contributed by atoms with Gasteiger partial charge in [-0.2, -0.15) is 0 Å². The molecule has 2 aromatic carbocycles. The van der Waals surface area contributed by atoms with Crippen LogP contribution in [-0.2, 0) is 14.3 Å². The molecule has 3 rings (SSSR count). The summed E-state index contributed by atoms with van der Waals surface area (Å²) in [6.07, 6.45) is 0. The number of methoxy groups -OCH3 is 1. The zero-order valence-electron chi connectivity index (χ0n) is 16.5. The topological polar surface area (TPSA) is 76.1 Å². The molecule has 1 atom stereocenters. The van der Waals surface area contributed by atoms with Crippen LogP contribution in [0.15, 0.2) is 48.0 Å². The summed E-state index contributed by atoms with van der Waals surface area (Å²) in [7, 11) is 1.48. The van der Waals surface area contributed by atoms with Crippen LogP contribution in [0, 0.1) is 5.82 Å². The average molecular weight is 434 g/mol. The summed E-state index contributed by atoms with van der Waals surface area (Å²) in [6, 6.07) is 9.14. The second-order valence-corrected chi connectivity index (χ2v) is 7.02. The molecular weight excluding hydrogens is 413 g/mol. The first-order valence-corrected chi connectivity index (χ1v) is 9.72. The van der Waals surface area contributed by atoms with E-state index < -0.39 is 23.5 Å². The summed E-state index contributed by atoms with van der Waals surface area (Å²) in [5.41, 5.74) is 0.661. The van der Waals surface area contributed by atoms with Crippen molar-refractivity contribution in [3.8, 4) is 5.75 Å². The molecule has 1 fully saturated rings. The lowest BCUT2D eigenvalue weighted by Crippen LogP contribution is -2.32. The monoisotopic (exact) mass is 433 g/mol. The Morgan fingerprint density at radius 3 is 2.50 bits per heavy atom. The molecule has 6 nitrogen and oxygen atoms in total. The number of nitrogens with zero attached hydrogens (tertiary/aromatic N) is 1. The Labute approximate surface area is 178 Å². The molecule has 0 saturated carbocycles. The highest BCUT2D eigenvalue weighted by Gasteiger charge is 2.45. The molecule has 8 heteroatoms. The zero-order chi connectivity index (χ0) is 21.8. The summed E-state index contributed by atoms with van der Waals surface area (Å²) in [5.74, 6) is -1.98. The summed E-state index contributed by atoms with van der Waals surface area (Å²) in [6.45, 7) is 2.55. The first-order chi connectivity index (χ1) is 14.4. The van der Waals surface area contributed by atoms with E-state index in [1.807, 2.05) is 6.92 Å². The van der Waals surface area contributed by atoms with Crippen LogP contribution in [0.5, 0.6) is 5.75 Å². The van der Waals surface area contributed by atoms with E-state index in [4.69, 9.17) is 21.1 Å².